The van der Waals surface area contributed by atoms with Crippen LogP contribution >= 0.6 is 11.6 Å². The SMILES string of the molecule is NC(=O)c1cccc2c1ncn2Cc1cccnc1Cl. The molecule has 6 heteroatoms. The molecule has 0 fully saturated rings. The van der Waals surface area contributed by atoms with Crippen LogP contribution in [0.5, 0.6) is 0 Å². The lowest BCUT2D eigenvalue weighted by Crippen LogP contribution is -2.11. The number of nitrogens with zero attached hydrogens (tertiary/aromatic N) is 3. The molecule has 0 unspecified atom stereocenters. The molecule has 2 N–H and O–H groups in total. The van der Waals surface area contributed by atoms with Gasteiger partial charge in [0.15, 0.2) is 0 Å². The molecule has 0 aliphatic heterocycles. The first-order chi connectivity index (χ1) is 9.66. The summed E-state index contributed by atoms with van der Waals surface area (Å²) in [6, 6.07) is 9.07. The van der Waals surface area contributed by atoms with Crippen LogP contribution in [0.25, 0.3) is 11.0 Å². The number of aromatic nitrogens is 3. The molecule has 2 heterocycles. The predicted molar refractivity (Wildman–Crippen MR) is 76.6 cm³/mol. The van der Waals surface area contributed by atoms with Gasteiger partial charge in [0.1, 0.15) is 10.7 Å². The highest BCUT2D eigenvalue weighted by Crippen LogP contribution is 2.20. The monoisotopic (exact) mass is 286 g/mol. The van der Waals surface area contributed by atoms with Crippen LogP contribution in [0.15, 0.2) is 42.9 Å². The number of hydrogen-bond donors (Lipinski definition) is 1. The van der Waals surface area contributed by atoms with Crippen LogP contribution < -0.4 is 5.73 Å². The lowest BCUT2D eigenvalue weighted by atomic mass is 10.1. The smallest absolute Gasteiger partial charge is 0.250 e. The largest absolute Gasteiger partial charge is 0.366 e. The molecule has 0 saturated carbocycles. The molecule has 1 amide bonds. The first kappa shape index (κ1) is 12.6. The van der Waals surface area contributed by atoms with E-state index in [1.54, 1.807) is 24.7 Å². The highest BCUT2D eigenvalue weighted by molar-refractivity contribution is 6.30. The maximum absolute atomic E-state index is 11.4. The third-order valence-corrected chi connectivity index (χ3v) is 3.43. The number of amides is 1. The average molecular weight is 287 g/mol. The number of para-hydroxylation sites is 1. The Labute approximate surface area is 120 Å². The number of carbonyl (C=O) groups excluding carboxylic acids is 1. The quantitative estimate of drug-likeness (QED) is 0.750. The lowest BCUT2D eigenvalue weighted by molar-refractivity contribution is 0.100. The van der Waals surface area contributed by atoms with E-state index in [2.05, 4.69) is 9.97 Å². The highest BCUT2D eigenvalue weighted by Gasteiger charge is 2.11. The van der Waals surface area contributed by atoms with Crippen molar-refractivity contribution < 1.29 is 4.79 Å². The topological polar surface area (TPSA) is 73.8 Å². The number of halogens is 1. The molecule has 0 saturated heterocycles. The van der Waals surface area contributed by atoms with E-state index < -0.39 is 5.91 Å². The van der Waals surface area contributed by atoms with Crippen molar-refractivity contribution in [2.75, 3.05) is 0 Å². The minimum absolute atomic E-state index is 0.415. The third-order valence-electron chi connectivity index (χ3n) is 3.09. The fourth-order valence-electron chi connectivity index (χ4n) is 2.13. The van der Waals surface area contributed by atoms with E-state index in [1.165, 1.54) is 0 Å². The van der Waals surface area contributed by atoms with Crippen molar-refractivity contribution in [3.63, 3.8) is 0 Å². The number of benzene rings is 1. The number of fused-ring (bicyclic) bond motifs is 1. The van der Waals surface area contributed by atoms with Gasteiger partial charge in [-0.25, -0.2) is 9.97 Å². The maximum atomic E-state index is 11.4. The van der Waals surface area contributed by atoms with Crippen LogP contribution in [0, 0.1) is 0 Å². The normalized spacial score (nSPS) is 10.8. The summed E-state index contributed by atoms with van der Waals surface area (Å²) >= 11 is 6.06. The second-order valence-electron chi connectivity index (χ2n) is 4.36. The van der Waals surface area contributed by atoms with Crippen molar-refractivity contribution in [3.8, 4) is 0 Å². The molecule has 20 heavy (non-hydrogen) atoms. The number of nitrogens with two attached hydrogens (primary N) is 1. The molecule has 100 valence electrons. The standard InChI is InChI=1S/C14H11ClN4O/c15-13-9(3-2-6-17-13)7-19-8-18-12-10(14(16)20)4-1-5-11(12)19/h1-6,8H,7H2,(H2,16,20). The zero-order chi connectivity index (χ0) is 14.1. The van der Waals surface area contributed by atoms with Gasteiger partial charge in [0, 0.05) is 11.8 Å². The summed E-state index contributed by atoms with van der Waals surface area (Å²) in [5, 5.41) is 0.459. The van der Waals surface area contributed by atoms with Gasteiger partial charge in [-0.05, 0) is 18.2 Å². The van der Waals surface area contributed by atoms with E-state index in [4.69, 9.17) is 17.3 Å². The molecule has 0 atom stereocenters. The van der Waals surface area contributed by atoms with Crippen LogP contribution in [-0.2, 0) is 6.54 Å². The number of carbonyl (C=O) groups is 1. The Balaban J connectivity index is 2.08. The molecule has 0 radical (unpaired) electrons. The lowest BCUT2D eigenvalue weighted by Gasteiger charge is -2.06. The van der Waals surface area contributed by atoms with Crippen molar-refractivity contribution >= 4 is 28.5 Å². The zero-order valence-corrected chi connectivity index (χ0v) is 11.2. The van der Waals surface area contributed by atoms with Gasteiger partial charge in [-0.1, -0.05) is 23.7 Å². The van der Waals surface area contributed by atoms with Gasteiger partial charge in [-0.3, -0.25) is 4.79 Å². The zero-order valence-electron chi connectivity index (χ0n) is 10.5. The van der Waals surface area contributed by atoms with Crippen molar-refractivity contribution in [3.05, 3.63) is 59.1 Å². The minimum Gasteiger partial charge on any atom is -0.366 e. The van der Waals surface area contributed by atoms with Gasteiger partial charge in [-0.15, -0.1) is 0 Å². The van der Waals surface area contributed by atoms with Crippen molar-refractivity contribution in [1.29, 1.82) is 0 Å². The number of pyridine rings is 1. The summed E-state index contributed by atoms with van der Waals surface area (Å²) in [5.74, 6) is -0.486. The second kappa shape index (κ2) is 4.94. The number of hydrogen-bond acceptors (Lipinski definition) is 3. The molecule has 0 spiro atoms. The summed E-state index contributed by atoms with van der Waals surface area (Å²) in [6.07, 6.45) is 3.31. The molecular formula is C14H11ClN4O. The summed E-state index contributed by atoms with van der Waals surface area (Å²) in [4.78, 5) is 19.7. The molecule has 0 aliphatic rings. The van der Waals surface area contributed by atoms with Gasteiger partial charge in [0.25, 0.3) is 5.91 Å². The Kier molecular flexibility index (Phi) is 3.12. The highest BCUT2D eigenvalue weighted by atomic mass is 35.5. The third kappa shape index (κ3) is 2.12. The molecule has 2 aromatic heterocycles. The first-order valence-corrected chi connectivity index (χ1v) is 6.37. The number of primary amides is 1. The Morgan fingerprint density at radius 1 is 1.25 bits per heavy atom. The van der Waals surface area contributed by atoms with E-state index in [1.807, 2.05) is 22.8 Å². The number of rotatable bonds is 3. The summed E-state index contributed by atoms with van der Waals surface area (Å²) < 4.78 is 1.91. The minimum atomic E-state index is -0.486. The van der Waals surface area contributed by atoms with Gasteiger partial charge < -0.3 is 10.3 Å². The predicted octanol–water partition coefficient (Wildman–Crippen LogP) is 2.23. The molecule has 5 nitrogen and oxygen atoms in total. The summed E-state index contributed by atoms with van der Waals surface area (Å²) in [5.41, 5.74) is 8.08. The van der Waals surface area contributed by atoms with Crippen LogP contribution in [0.3, 0.4) is 0 Å². The Morgan fingerprint density at radius 3 is 2.85 bits per heavy atom. The first-order valence-electron chi connectivity index (χ1n) is 6.00. The van der Waals surface area contributed by atoms with E-state index in [-0.39, 0.29) is 0 Å². The maximum Gasteiger partial charge on any atom is 0.250 e. The van der Waals surface area contributed by atoms with Crippen molar-refractivity contribution in [2.24, 2.45) is 5.73 Å². The van der Waals surface area contributed by atoms with Gasteiger partial charge in [-0.2, -0.15) is 0 Å². The van der Waals surface area contributed by atoms with Crippen LogP contribution in [0.1, 0.15) is 15.9 Å². The van der Waals surface area contributed by atoms with Crippen LogP contribution in [0.4, 0.5) is 0 Å². The van der Waals surface area contributed by atoms with Crippen LogP contribution in [0.2, 0.25) is 5.15 Å². The molecule has 0 aliphatic carbocycles. The van der Waals surface area contributed by atoms with Gasteiger partial charge in [0.05, 0.1) is 24.0 Å². The summed E-state index contributed by atoms with van der Waals surface area (Å²) in [6.45, 7) is 0.533. The molecule has 1 aromatic carbocycles. The fraction of sp³-hybridized carbons (Fsp3) is 0.0714. The Hall–Kier alpha value is -2.40. The second-order valence-corrected chi connectivity index (χ2v) is 4.72. The summed E-state index contributed by atoms with van der Waals surface area (Å²) in [7, 11) is 0. The van der Waals surface area contributed by atoms with E-state index in [0.717, 1.165) is 11.1 Å². The van der Waals surface area contributed by atoms with Crippen LogP contribution in [-0.4, -0.2) is 20.4 Å². The Morgan fingerprint density at radius 2 is 2.10 bits per heavy atom. The van der Waals surface area contributed by atoms with Crippen molar-refractivity contribution in [1.82, 2.24) is 14.5 Å². The molecule has 0 bridgehead atoms. The van der Waals surface area contributed by atoms with E-state index >= 15 is 0 Å². The van der Waals surface area contributed by atoms with Crippen molar-refractivity contribution in [2.45, 2.75) is 6.54 Å². The molecular weight excluding hydrogens is 276 g/mol. The fourth-order valence-corrected chi connectivity index (χ4v) is 2.31. The van der Waals surface area contributed by atoms with E-state index in [0.29, 0.717) is 22.8 Å². The van der Waals surface area contributed by atoms with Gasteiger partial charge in [0.2, 0.25) is 0 Å². The van der Waals surface area contributed by atoms with Gasteiger partial charge >= 0.3 is 0 Å². The number of imidazole rings is 1. The average Bonchev–Trinajstić information content (AvgIpc) is 2.84. The molecule has 3 rings (SSSR count). The molecule has 3 aromatic rings. The Bertz CT molecular complexity index is 797. The van der Waals surface area contributed by atoms with E-state index in [9.17, 15) is 4.79 Å².